The van der Waals surface area contributed by atoms with Gasteiger partial charge in [-0.25, -0.2) is 13.2 Å². The van der Waals surface area contributed by atoms with E-state index >= 15 is 0 Å². The Kier molecular flexibility index (Phi) is 5.31. The molecule has 5 nitrogen and oxygen atoms in total. The first-order valence-electron chi connectivity index (χ1n) is 9.42. The Bertz CT molecular complexity index is 1210. The summed E-state index contributed by atoms with van der Waals surface area (Å²) >= 11 is 0. The number of aryl methyl sites for hydroxylation is 1. The zero-order valence-electron chi connectivity index (χ0n) is 16.2. The highest BCUT2D eigenvalue weighted by atomic mass is 19.1. The van der Waals surface area contributed by atoms with E-state index in [1.165, 1.54) is 22.9 Å². The minimum atomic E-state index is -0.710. The SMILES string of the molecule is Cc1cnn(CC(=O)NCCc2c(-c3ccc(F)cc3)[nH]c3c(F)cc(F)cc23)c1. The van der Waals surface area contributed by atoms with Gasteiger partial charge in [0.1, 0.15) is 24.0 Å². The summed E-state index contributed by atoms with van der Waals surface area (Å²) in [6.07, 6.45) is 3.76. The summed E-state index contributed by atoms with van der Waals surface area (Å²) < 4.78 is 43.0. The van der Waals surface area contributed by atoms with Gasteiger partial charge in [-0.3, -0.25) is 9.48 Å². The highest BCUT2D eigenvalue weighted by Gasteiger charge is 2.17. The molecule has 4 aromatic rings. The summed E-state index contributed by atoms with van der Waals surface area (Å²) in [5.41, 5.74) is 2.97. The second kappa shape index (κ2) is 8.06. The lowest BCUT2D eigenvalue weighted by Gasteiger charge is -2.08. The van der Waals surface area contributed by atoms with Gasteiger partial charge in [-0.1, -0.05) is 0 Å². The van der Waals surface area contributed by atoms with Crippen LogP contribution in [0, 0.1) is 24.4 Å². The van der Waals surface area contributed by atoms with Gasteiger partial charge >= 0.3 is 0 Å². The number of rotatable bonds is 6. The fraction of sp³-hybridized carbons (Fsp3) is 0.182. The van der Waals surface area contributed by atoms with E-state index in [9.17, 15) is 18.0 Å². The van der Waals surface area contributed by atoms with Crippen molar-refractivity contribution in [1.82, 2.24) is 20.1 Å². The Hall–Kier alpha value is -3.55. The maximum absolute atomic E-state index is 14.3. The van der Waals surface area contributed by atoms with Gasteiger partial charge in [0.15, 0.2) is 0 Å². The van der Waals surface area contributed by atoms with Gasteiger partial charge in [-0.05, 0) is 60.4 Å². The van der Waals surface area contributed by atoms with Crippen molar-refractivity contribution in [2.24, 2.45) is 0 Å². The van der Waals surface area contributed by atoms with Crippen molar-refractivity contribution >= 4 is 16.8 Å². The number of nitrogens with zero attached hydrogens (tertiary/aromatic N) is 2. The Balaban J connectivity index is 1.59. The van der Waals surface area contributed by atoms with Crippen LogP contribution in [-0.2, 0) is 17.8 Å². The van der Waals surface area contributed by atoms with Gasteiger partial charge in [-0.15, -0.1) is 0 Å². The van der Waals surface area contributed by atoms with Crippen molar-refractivity contribution < 1.29 is 18.0 Å². The lowest BCUT2D eigenvalue weighted by Crippen LogP contribution is -2.29. The molecule has 2 heterocycles. The number of halogens is 3. The lowest BCUT2D eigenvalue weighted by molar-refractivity contribution is -0.121. The molecule has 0 spiro atoms. The van der Waals surface area contributed by atoms with E-state index in [2.05, 4.69) is 15.4 Å². The summed E-state index contributed by atoms with van der Waals surface area (Å²) in [6.45, 7) is 2.22. The molecular weight excluding hydrogens is 393 g/mol. The van der Waals surface area contributed by atoms with Crippen LogP contribution >= 0.6 is 0 Å². The number of amides is 1. The van der Waals surface area contributed by atoms with E-state index in [-0.39, 0.29) is 24.5 Å². The fourth-order valence-electron chi connectivity index (χ4n) is 3.48. The quantitative estimate of drug-likeness (QED) is 0.501. The number of aromatic amines is 1. The number of aromatic nitrogens is 3. The maximum atomic E-state index is 14.3. The van der Waals surface area contributed by atoms with Crippen molar-refractivity contribution in [1.29, 1.82) is 0 Å². The topological polar surface area (TPSA) is 62.7 Å². The van der Waals surface area contributed by atoms with E-state index < -0.39 is 17.5 Å². The van der Waals surface area contributed by atoms with Crippen molar-refractivity contribution in [3.8, 4) is 11.3 Å². The first-order valence-corrected chi connectivity index (χ1v) is 9.42. The van der Waals surface area contributed by atoms with Crippen LogP contribution in [0.15, 0.2) is 48.8 Å². The number of H-pyrrole nitrogens is 1. The third kappa shape index (κ3) is 4.07. The molecule has 154 valence electrons. The highest BCUT2D eigenvalue weighted by Crippen LogP contribution is 2.32. The van der Waals surface area contributed by atoms with Crippen LogP contribution < -0.4 is 5.32 Å². The number of carbonyl (C=O) groups excluding carboxylic acids is 1. The average Bonchev–Trinajstić information content (AvgIpc) is 3.26. The largest absolute Gasteiger partial charge is 0.354 e. The molecule has 0 aliphatic heterocycles. The Morgan fingerprint density at radius 3 is 2.60 bits per heavy atom. The smallest absolute Gasteiger partial charge is 0.241 e. The van der Waals surface area contributed by atoms with Crippen LogP contribution in [0.4, 0.5) is 13.2 Å². The van der Waals surface area contributed by atoms with E-state index in [4.69, 9.17) is 0 Å². The van der Waals surface area contributed by atoms with Crippen LogP contribution in [0.5, 0.6) is 0 Å². The molecule has 0 radical (unpaired) electrons. The molecule has 2 aromatic carbocycles. The van der Waals surface area contributed by atoms with E-state index in [1.807, 2.05) is 6.92 Å². The van der Waals surface area contributed by atoms with Crippen LogP contribution in [0.2, 0.25) is 0 Å². The third-order valence-electron chi connectivity index (χ3n) is 4.83. The second-order valence-electron chi connectivity index (χ2n) is 7.11. The lowest BCUT2D eigenvalue weighted by atomic mass is 10.0. The molecule has 2 N–H and O–H groups in total. The molecule has 8 heteroatoms. The Morgan fingerprint density at radius 1 is 1.13 bits per heavy atom. The molecule has 0 unspecified atom stereocenters. The van der Waals surface area contributed by atoms with E-state index in [1.54, 1.807) is 24.5 Å². The van der Waals surface area contributed by atoms with Crippen molar-refractivity contribution in [3.05, 3.63) is 77.4 Å². The normalized spacial score (nSPS) is 11.2. The summed E-state index contributed by atoms with van der Waals surface area (Å²) in [7, 11) is 0. The van der Waals surface area contributed by atoms with Gasteiger partial charge in [-0.2, -0.15) is 5.10 Å². The predicted octanol–water partition coefficient (Wildman–Crippen LogP) is 4.12. The fourth-order valence-corrected chi connectivity index (χ4v) is 3.48. The maximum Gasteiger partial charge on any atom is 0.241 e. The molecule has 2 aromatic heterocycles. The van der Waals surface area contributed by atoms with Crippen molar-refractivity contribution in [2.75, 3.05) is 6.54 Å². The third-order valence-corrected chi connectivity index (χ3v) is 4.83. The van der Waals surface area contributed by atoms with Crippen molar-refractivity contribution in [2.45, 2.75) is 19.9 Å². The molecule has 0 saturated carbocycles. The summed E-state index contributed by atoms with van der Waals surface area (Å²) in [6, 6.07) is 7.80. The summed E-state index contributed by atoms with van der Waals surface area (Å²) in [4.78, 5) is 15.2. The monoisotopic (exact) mass is 412 g/mol. The van der Waals surface area contributed by atoms with Crippen LogP contribution in [0.25, 0.3) is 22.2 Å². The Morgan fingerprint density at radius 2 is 1.90 bits per heavy atom. The Labute approximate surface area is 170 Å². The second-order valence-corrected chi connectivity index (χ2v) is 7.11. The van der Waals surface area contributed by atoms with Gasteiger partial charge < -0.3 is 10.3 Å². The minimum absolute atomic E-state index is 0.0792. The van der Waals surface area contributed by atoms with Crippen LogP contribution in [0.3, 0.4) is 0 Å². The van der Waals surface area contributed by atoms with E-state index in [0.717, 1.165) is 11.6 Å². The molecule has 0 saturated heterocycles. The average molecular weight is 412 g/mol. The zero-order chi connectivity index (χ0) is 21.3. The molecule has 0 fully saturated rings. The minimum Gasteiger partial charge on any atom is -0.354 e. The molecule has 1 amide bonds. The number of hydrogen-bond donors (Lipinski definition) is 2. The number of fused-ring (bicyclic) bond motifs is 1. The molecule has 0 atom stereocenters. The van der Waals surface area contributed by atoms with Gasteiger partial charge in [0, 0.05) is 29.9 Å². The first kappa shape index (κ1) is 19.8. The first-order chi connectivity index (χ1) is 14.4. The van der Waals surface area contributed by atoms with Crippen LogP contribution in [0.1, 0.15) is 11.1 Å². The van der Waals surface area contributed by atoms with Gasteiger partial charge in [0.2, 0.25) is 5.91 Å². The summed E-state index contributed by atoms with van der Waals surface area (Å²) in [5, 5.41) is 7.26. The molecule has 0 aliphatic rings. The standard InChI is InChI=1S/C22H19F3N4O/c1-13-10-27-29(11-13)12-20(30)26-7-6-17-18-8-16(24)9-19(25)22(18)28-21(17)14-2-4-15(23)5-3-14/h2-5,8-11,28H,6-7,12H2,1H3,(H,26,30). The highest BCUT2D eigenvalue weighted by molar-refractivity contribution is 5.91. The molecular formula is C22H19F3N4O. The van der Waals surface area contributed by atoms with E-state index in [0.29, 0.717) is 28.6 Å². The molecule has 0 aliphatic carbocycles. The zero-order valence-corrected chi connectivity index (χ0v) is 16.2. The number of carbonyl (C=O) groups is 1. The molecule has 4 rings (SSSR count). The summed E-state index contributed by atoms with van der Waals surface area (Å²) in [5.74, 6) is -2.02. The number of benzene rings is 2. The van der Waals surface area contributed by atoms with Gasteiger partial charge in [0.25, 0.3) is 0 Å². The predicted molar refractivity (Wildman–Crippen MR) is 107 cm³/mol. The van der Waals surface area contributed by atoms with Crippen LogP contribution in [-0.4, -0.2) is 27.2 Å². The number of hydrogen-bond acceptors (Lipinski definition) is 2. The molecule has 0 bridgehead atoms. The number of nitrogens with one attached hydrogen (secondary N) is 2. The molecule has 30 heavy (non-hydrogen) atoms. The van der Waals surface area contributed by atoms with Crippen molar-refractivity contribution in [3.63, 3.8) is 0 Å². The van der Waals surface area contributed by atoms with Gasteiger partial charge in [0.05, 0.1) is 11.7 Å².